The third-order valence-corrected chi connectivity index (χ3v) is 4.09. The van der Waals surface area contributed by atoms with E-state index in [1.54, 1.807) is 0 Å². The van der Waals surface area contributed by atoms with Crippen LogP contribution in [-0.2, 0) is 0 Å². The molecule has 0 aromatic carbocycles. The highest BCUT2D eigenvalue weighted by Crippen LogP contribution is 2.22. The summed E-state index contributed by atoms with van der Waals surface area (Å²) < 4.78 is 5.30. The third kappa shape index (κ3) is 4.38. The van der Waals surface area contributed by atoms with Crippen molar-refractivity contribution >= 4 is 22.5 Å². The van der Waals surface area contributed by atoms with Gasteiger partial charge in [0.2, 0.25) is 11.7 Å². The molecular formula is C14H18N8O2S. The molecule has 3 rings (SSSR count). The molecule has 0 spiro atoms. The fourth-order valence-electron chi connectivity index (χ4n) is 2.18. The lowest BCUT2D eigenvalue weighted by Crippen LogP contribution is -2.33. The van der Waals surface area contributed by atoms with Gasteiger partial charge in [-0.1, -0.05) is 19.0 Å². The molecule has 0 unspecified atom stereocenters. The summed E-state index contributed by atoms with van der Waals surface area (Å²) in [4.78, 5) is 24.7. The smallest absolute Gasteiger partial charge is 0.321 e. The van der Waals surface area contributed by atoms with Crippen LogP contribution in [0.3, 0.4) is 0 Å². The van der Waals surface area contributed by atoms with E-state index in [0.29, 0.717) is 35.0 Å². The Bertz CT molecular complexity index is 826. The average molecular weight is 362 g/mol. The van der Waals surface area contributed by atoms with Crippen molar-refractivity contribution in [2.24, 2.45) is 5.92 Å². The molecule has 3 aromatic heterocycles. The van der Waals surface area contributed by atoms with Crippen molar-refractivity contribution in [1.29, 1.82) is 0 Å². The van der Waals surface area contributed by atoms with Gasteiger partial charge < -0.3 is 9.84 Å². The molecule has 11 heteroatoms. The van der Waals surface area contributed by atoms with Crippen molar-refractivity contribution in [1.82, 2.24) is 35.6 Å². The van der Waals surface area contributed by atoms with Crippen LogP contribution in [0.1, 0.15) is 37.9 Å². The van der Waals surface area contributed by atoms with Crippen molar-refractivity contribution in [3.8, 4) is 11.6 Å². The normalized spacial score (nSPS) is 12.3. The lowest BCUT2D eigenvalue weighted by Gasteiger charge is -2.16. The van der Waals surface area contributed by atoms with Crippen LogP contribution in [0.15, 0.2) is 16.2 Å². The first-order chi connectivity index (χ1) is 12.0. The van der Waals surface area contributed by atoms with Crippen molar-refractivity contribution < 1.29 is 9.32 Å². The monoisotopic (exact) mass is 362 g/mol. The second-order valence-electron chi connectivity index (χ2n) is 5.86. The number of aromatic nitrogens is 6. The van der Waals surface area contributed by atoms with E-state index in [-0.39, 0.29) is 6.03 Å². The zero-order valence-electron chi connectivity index (χ0n) is 14.0. The van der Waals surface area contributed by atoms with Crippen LogP contribution in [0.25, 0.3) is 11.6 Å². The highest BCUT2D eigenvalue weighted by molar-refractivity contribution is 7.13. The molecular weight excluding hydrogens is 344 g/mol. The molecule has 3 heterocycles. The van der Waals surface area contributed by atoms with Gasteiger partial charge >= 0.3 is 6.03 Å². The predicted octanol–water partition coefficient (Wildman–Crippen LogP) is 2.53. The first-order valence-electron chi connectivity index (χ1n) is 7.70. The van der Waals surface area contributed by atoms with Gasteiger partial charge in [0.1, 0.15) is 12.4 Å². The van der Waals surface area contributed by atoms with Crippen molar-refractivity contribution in [3.63, 3.8) is 0 Å². The number of rotatable bonds is 6. The maximum absolute atomic E-state index is 12.2. The number of carbonyl (C=O) groups is 1. The minimum Gasteiger partial charge on any atom is -0.337 e. The number of H-pyrrole nitrogens is 1. The maximum atomic E-state index is 12.2. The van der Waals surface area contributed by atoms with E-state index < -0.39 is 6.04 Å². The molecule has 0 saturated carbocycles. The number of amides is 2. The summed E-state index contributed by atoms with van der Waals surface area (Å²) in [5.74, 6) is 1.32. The molecule has 25 heavy (non-hydrogen) atoms. The summed E-state index contributed by atoms with van der Waals surface area (Å²) in [7, 11) is 0. The van der Waals surface area contributed by atoms with Crippen LogP contribution in [0.4, 0.5) is 9.93 Å². The number of hydrogen-bond donors (Lipinski definition) is 3. The van der Waals surface area contributed by atoms with Gasteiger partial charge in [-0.05, 0) is 19.3 Å². The summed E-state index contributed by atoms with van der Waals surface area (Å²) in [5.41, 5.74) is 0.854. The molecule has 0 fully saturated rings. The van der Waals surface area contributed by atoms with E-state index >= 15 is 0 Å². The van der Waals surface area contributed by atoms with Crippen molar-refractivity contribution in [2.75, 3.05) is 5.32 Å². The van der Waals surface area contributed by atoms with Crippen molar-refractivity contribution in [3.05, 3.63) is 23.3 Å². The van der Waals surface area contributed by atoms with Gasteiger partial charge in [0.05, 0.1) is 5.69 Å². The molecule has 0 aliphatic carbocycles. The Balaban J connectivity index is 1.72. The number of thiazole rings is 1. The number of carbonyl (C=O) groups excluding carboxylic acids is 1. The van der Waals surface area contributed by atoms with Crippen LogP contribution in [0, 0.1) is 12.8 Å². The summed E-state index contributed by atoms with van der Waals surface area (Å²) in [5, 5.41) is 18.3. The van der Waals surface area contributed by atoms with Crippen LogP contribution < -0.4 is 10.6 Å². The van der Waals surface area contributed by atoms with Gasteiger partial charge in [-0.25, -0.2) is 14.8 Å². The number of urea groups is 1. The van der Waals surface area contributed by atoms with E-state index in [9.17, 15) is 4.79 Å². The van der Waals surface area contributed by atoms with Gasteiger partial charge in [-0.2, -0.15) is 10.1 Å². The fraction of sp³-hybridized carbons (Fsp3) is 0.429. The molecule has 0 aliphatic heterocycles. The minimum atomic E-state index is -0.426. The van der Waals surface area contributed by atoms with Crippen LogP contribution in [0.2, 0.25) is 0 Å². The van der Waals surface area contributed by atoms with E-state index in [0.717, 1.165) is 5.69 Å². The largest absolute Gasteiger partial charge is 0.337 e. The Morgan fingerprint density at radius 1 is 1.40 bits per heavy atom. The van der Waals surface area contributed by atoms with Gasteiger partial charge in [-0.15, -0.1) is 11.3 Å². The van der Waals surface area contributed by atoms with E-state index in [2.05, 4.69) is 40.9 Å². The van der Waals surface area contributed by atoms with Crippen LogP contribution in [0.5, 0.6) is 0 Å². The Morgan fingerprint density at radius 2 is 2.24 bits per heavy atom. The third-order valence-electron chi connectivity index (χ3n) is 3.22. The van der Waals surface area contributed by atoms with Crippen LogP contribution in [-0.4, -0.2) is 36.3 Å². The Kier molecular flexibility index (Phi) is 5.03. The SMILES string of the molecule is Cc1csc(NC(=O)N[C@@H](CC(C)C)c2nc(-c3ncn[nH]3)no2)n1. The molecule has 1 atom stereocenters. The molecule has 0 saturated heterocycles. The molecule has 3 aromatic rings. The first kappa shape index (κ1) is 17.0. The second-order valence-corrected chi connectivity index (χ2v) is 6.72. The number of aryl methyl sites for hydroxylation is 1. The van der Waals surface area contributed by atoms with Gasteiger partial charge in [0.15, 0.2) is 11.0 Å². The molecule has 10 nitrogen and oxygen atoms in total. The van der Waals surface area contributed by atoms with Crippen molar-refractivity contribution in [2.45, 2.75) is 33.2 Å². The summed E-state index contributed by atoms with van der Waals surface area (Å²) >= 11 is 1.36. The Labute approximate surface area is 147 Å². The molecule has 0 radical (unpaired) electrons. The number of nitrogens with one attached hydrogen (secondary N) is 3. The topological polar surface area (TPSA) is 135 Å². The number of anilines is 1. The predicted molar refractivity (Wildman–Crippen MR) is 90.9 cm³/mol. The van der Waals surface area contributed by atoms with Gasteiger partial charge in [-0.3, -0.25) is 10.4 Å². The second kappa shape index (κ2) is 7.38. The highest BCUT2D eigenvalue weighted by atomic mass is 32.1. The molecule has 132 valence electrons. The van der Waals surface area contributed by atoms with E-state index in [4.69, 9.17) is 4.52 Å². The molecule has 0 bridgehead atoms. The summed E-state index contributed by atoms with van der Waals surface area (Å²) in [6, 6.07) is -0.801. The Hall–Kier alpha value is -2.82. The first-order valence-corrected chi connectivity index (χ1v) is 8.58. The lowest BCUT2D eigenvalue weighted by atomic mass is 10.0. The lowest BCUT2D eigenvalue weighted by molar-refractivity contribution is 0.240. The Morgan fingerprint density at radius 3 is 2.88 bits per heavy atom. The maximum Gasteiger partial charge on any atom is 0.321 e. The number of nitrogens with zero attached hydrogens (tertiary/aromatic N) is 5. The molecule has 3 N–H and O–H groups in total. The van der Waals surface area contributed by atoms with Gasteiger partial charge in [0.25, 0.3) is 0 Å². The fourth-order valence-corrected chi connectivity index (χ4v) is 2.87. The number of aromatic amines is 1. The van der Waals surface area contributed by atoms with E-state index in [1.165, 1.54) is 17.7 Å². The summed E-state index contributed by atoms with van der Waals surface area (Å²) in [6.45, 7) is 5.96. The summed E-state index contributed by atoms with van der Waals surface area (Å²) in [6.07, 6.45) is 2.00. The van der Waals surface area contributed by atoms with E-state index in [1.807, 2.05) is 26.2 Å². The molecule has 2 amide bonds. The number of hydrogen-bond acceptors (Lipinski definition) is 8. The quantitative estimate of drug-likeness (QED) is 0.613. The zero-order chi connectivity index (χ0) is 17.8. The van der Waals surface area contributed by atoms with Gasteiger partial charge in [0, 0.05) is 5.38 Å². The highest BCUT2D eigenvalue weighted by Gasteiger charge is 2.24. The van der Waals surface area contributed by atoms with Crippen LogP contribution >= 0.6 is 11.3 Å². The standard InChI is InChI=1S/C14H18N8O2S/c1-7(2)4-9(18-13(23)20-14-17-8(3)5-25-14)12-19-11(22-24-12)10-15-6-16-21-10/h5-7,9H,4H2,1-3H3,(H,15,16,21)(H2,17,18,20,23)/t9-/m0/s1. The molecule has 0 aliphatic rings. The minimum absolute atomic E-state index is 0.291. The zero-order valence-corrected chi connectivity index (χ0v) is 14.8. The average Bonchev–Trinajstić information content (AvgIpc) is 3.26.